The molecule has 0 bridgehead atoms. The summed E-state index contributed by atoms with van der Waals surface area (Å²) in [6.45, 7) is 10.1. The molecule has 0 heterocycles. The molecule has 2 aliphatic carbocycles. The van der Waals surface area contributed by atoms with E-state index in [2.05, 4.69) is 31.0 Å². The SMILES string of the molecule is CCN(CC)CCCC(C)NC1CCCc2cc3c(cc21)C(=O)c1ccccc1C3=O. The van der Waals surface area contributed by atoms with Crippen LogP contribution in [0.1, 0.15) is 95.5 Å². The maximum absolute atomic E-state index is 13.2. The van der Waals surface area contributed by atoms with Gasteiger partial charge < -0.3 is 10.2 Å². The van der Waals surface area contributed by atoms with Crippen LogP contribution in [0.4, 0.5) is 0 Å². The lowest BCUT2D eigenvalue weighted by Gasteiger charge is -2.31. The second kappa shape index (κ2) is 9.46. The number of rotatable bonds is 8. The van der Waals surface area contributed by atoms with Crippen LogP contribution in [0.5, 0.6) is 0 Å². The molecular weight excluding hydrogens is 384 g/mol. The molecule has 2 unspecified atom stereocenters. The number of nitrogens with one attached hydrogen (secondary N) is 1. The molecule has 4 nitrogen and oxygen atoms in total. The van der Waals surface area contributed by atoms with Crippen LogP contribution in [0.3, 0.4) is 0 Å². The van der Waals surface area contributed by atoms with Gasteiger partial charge in [-0.1, -0.05) is 38.1 Å². The van der Waals surface area contributed by atoms with Crippen LogP contribution in [0.25, 0.3) is 0 Å². The van der Waals surface area contributed by atoms with Crippen molar-refractivity contribution in [2.45, 2.75) is 65.0 Å². The zero-order valence-corrected chi connectivity index (χ0v) is 19.0. The molecule has 0 aliphatic heterocycles. The highest BCUT2D eigenvalue weighted by Crippen LogP contribution is 2.36. The lowest BCUT2D eigenvalue weighted by molar-refractivity contribution is 0.0979. The molecule has 0 saturated carbocycles. The van der Waals surface area contributed by atoms with E-state index >= 15 is 0 Å². The van der Waals surface area contributed by atoms with Crippen molar-refractivity contribution < 1.29 is 9.59 Å². The fraction of sp³-hybridized carbons (Fsp3) is 0.481. The van der Waals surface area contributed by atoms with Crippen LogP contribution in [-0.4, -0.2) is 42.1 Å². The van der Waals surface area contributed by atoms with E-state index in [1.54, 1.807) is 12.1 Å². The van der Waals surface area contributed by atoms with Gasteiger partial charge >= 0.3 is 0 Å². The second-order valence-electron chi connectivity index (χ2n) is 8.98. The Labute approximate surface area is 186 Å². The Morgan fingerprint density at radius 1 is 1.00 bits per heavy atom. The molecule has 164 valence electrons. The quantitative estimate of drug-likeness (QED) is 0.563. The molecule has 0 aromatic heterocycles. The van der Waals surface area contributed by atoms with Gasteiger partial charge in [0.05, 0.1) is 0 Å². The molecule has 4 heteroatoms. The Morgan fingerprint density at radius 2 is 1.65 bits per heavy atom. The minimum absolute atomic E-state index is 0.0205. The maximum atomic E-state index is 13.2. The summed E-state index contributed by atoms with van der Waals surface area (Å²) >= 11 is 0. The summed E-state index contributed by atoms with van der Waals surface area (Å²) in [5, 5.41) is 3.82. The molecule has 0 saturated heterocycles. The molecule has 2 atom stereocenters. The first-order valence-corrected chi connectivity index (χ1v) is 11.9. The largest absolute Gasteiger partial charge is 0.307 e. The summed E-state index contributed by atoms with van der Waals surface area (Å²) in [5.74, 6) is -0.0440. The summed E-state index contributed by atoms with van der Waals surface area (Å²) in [6, 6.07) is 11.9. The van der Waals surface area contributed by atoms with Gasteiger partial charge in [-0.3, -0.25) is 9.59 Å². The predicted molar refractivity (Wildman–Crippen MR) is 125 cm³/mol. The molecular formula is C27H34N2O2. The lowest BCUT2D eigenvalue weighted by atomic mass is 9.78. The van der Waals surface area contributed by atoms with Gasteiger partial charge in [-0.15, -0.1) is 0 Å². The van der Waals surface area contributed by atoms with Crippen LogP contribution < -0.4 is 5.32 Å². The predicted octanol–water partition coefficient (Wildman–Crippen LogP) is 4.94. The molecule has 2 aromatic rings. The average Bonchev–Trinajstić information content (AvgIpc) is 2.79. The van der Waals surface area contributed by atoms with E-state index in [1.807, 2.05) is 24.3 Å². The van der Waals surface area contributed by atoms with E-state index in [0.29, 0.717) is 28.3 Å². The smallest absolute Gasteiger partial charge is 0.194 e. The first-order valence-electron chi connectivity index (χ1n) is 11.9. The van der Waals surface area contributed by atoms with Crippen molar-refractivity contribution in [3.8, 4) is 0 Å². The highest BCUT2D eigenvalue weighted by atomic mass is 16.1. The summed E-state index contributed by atoms with van der Waals surface area (Å²) in [4.78, 5) is 28.7. The van der Waals surface area contributed by atoms with Crippen LogP contribution in [0.15, 0.2) is 36.4 Å². The third-order valence-electron chi connectivity index (χ3n) is 6.99. The summed E-state index contributed by atoms with van der Waals surface area (Å²) in [5.41, 5.74) is 4.65. The van der Waals surface area contributed by atoms with E-state index in [9.17, 15) is 9.59 Å². The number of ketones is 2. The topological polar surface area (TPSA) is 49.4 Å². The Hall–Kier alpha value is -2.30. The first kappa shape index (κ1) is 21.9. The average molecular weight is 419 g/mol. The normalized spacial score (nSPS) is 18.5. The Kier molecular flexibility index (Phi) is 6.68. The van der Waals surface area contributed by atoms with Gasteiger partial charge in [0.25, 0.3) is 0 Å². The number of nitrogens with zero attached hydrogens (tertiary/aromatic N) is 1. The van der Waals surface area contributed by atoms with E-state index < -0.39 is 0 Å². The van der Waals surface area contributed by atoms with Gasteiger partial charge in [0.2, 0.25) is 0 Å². The summed E-state index contributed by atoms with van der Waals surface area (Å²) < 4.78 is 0. The minimum Gasteiger partial charge on any atom is -0.307 e. The van der Waals surface area contributed by atoms with Crippen molar-refractivity contribution in [1.29, 1.82) is 0 Å². The van der Waals surface area contributed by atoms with Gasteiger partial charge in [0.15, 0.2) is 11.6 Å². The van der Waals surface area contributed by atoms with Crippen LogP contribution in [0, 0.1) is 0 Å². The summed E-state index contributed by atoms with van der Waals surface area (Å²) in [6.07, 6.45) is 5.47. The van der Waals surface area contributed by atoms with Crippen LogP contribution >= 0.6 is 0 Å². The van der Waals surface area contributed by atoms with E-state index in [-0.39, 0.29) is 17.6 Å². The van der Waals surface area contributed by atoms with Crippen molar-refractivity contribution in [2.75, 3.05) is 19.6 Å². The number of carbonyl (C=O) groups is 2. The monoisotopic (exact) mass is 418 g/mol. The third-order valence-corrected chi connectivity index (χ3v) is 6.99. The number of hydrogen-bond acceptors (Lipinski definition) is 4. The lowest BCUT2D eigenvalue weighted by Crippen LogP contribution is -2.34. The molecule has 2 aliphatic rings. The Balaban J connectivity index is 1.53. The number of fused-ring (bicyclic) bond motifs is 3. The minimum atomic E-state index is -0.0235. The fourth-order valence-corrected chi connectivity index (χ4v) is 5.16. The van der Waals surface area contributed by atoms with Crippen LogP contribution in [-0.2, 0) is 6.42 Å². The van der Waals surface area contributed by atoms with Crippen molar-refractivity contribution in [1.82, 2.24) is 10.2 Å². The van der Waals surface area contributed by atoms with Gasteiger partial charge in [0, 0.05) is 34.3 Å². The number of aryl methyl sites for hydroxylation is 1. The molecule has 1 N–H and O–H groups in total. The molecule has 31 heavy (non-hydrogen) atoms. The van der Waals surface area contributed by atoms with Gasteiger partial charge in [-0.05, 0) is 81.9 Å². The van der Waals surface area contributed by atoms with E-state index in [1.165, 1.54) is 17.5 Å². The zero-order chi connectivity index (χ0) is 22.0. The Morgan fingerprint density at radius 3 is 2.29 bits per heavy atom. The molecule has 2 aromatic carbocycles. The molecule has 4 rings (SSSR count). The number of carbonyl (C=O) groups excluding carboxylic acids is 2. The fourth-order valence-electron chi connectivity index (χ4n) is 5.16. The van der Waals surface area contributed by atoms with Gasteiger partial charge in [-0.25, -0.2) is 0 Å². The van der Waals surface area contributed by atoms with Gasteiger partial charge in [-0.2, -0.15) is 0 Å². The van der Waals surface area contributed by atoms with Crippen molar-refractivity contribution >= 4 is 11.6 Å². The number of hydrogen-bond donors (Lipinski definition) is 1. The molecule has 0 fully saturated rings. The van der Waals surface area contributed by atoms with E-state index in [0.717, 1.165) is 45.3 Å². The zero-order valence-electron chi connectivity index (χ0n) is 19.0. The Bertz CT molecular complexity index is 977. The highest BCUT2D eigenvalue weighted by Gasteiger charge is 2.32. The maximum Gasteiger partial charge on any atom is 0.194 e. The van der Waals surface area contributed by atoms with Crippen molar-refractivity contribution in [3.63, 3.8) is 0 Å². The number of benzene rings is 2. The highest BCUT2D eigenvalue weighted by molar-refractivity contribution is 6.28. The van der Waals surface area contributed by atoms with Crippen LogP contribution in [0.2, 0.25) is 0 Å². The summed E-state index contributed by atoms with van der Waals surface area (Å²) in [7, 11) is 0. The molecule has 0 amide bonds. The molecule has 0 radical (unpaired) electrons. The molecule has 0 spiro atoms. The standard InChI is InChI=1S/C27H34N2O2/c1-4-29(5-2)15-9-10-18(3)28-25-14-8-11-19-16-23-24(17-22(19)25)27(31)21-13-7-6-12-20(21)26(23)30/h6-7,12-13,16-18,25,28H,4-5,8-11,14-15H2,1-3H3. The van der Waals surface area contributed by atoms with E-state index in [4.69, 9.17) is 0 Å². The third kappa shape index (κ3) is 4.37. The first-order chi connectivity index (χ1) is 15.0. The van der Waals surface area contributed by atoms with Crippen molar-refractivity contribution in [3.05, 3.63) is 69.8 Å². The second-order valence-corrected chi connectivity index (χ2v) is 8.98. The van der Waals surface area contributed by atoms with Gasteiger partial charge in [0.1, 0.15) is 0 Å². The van der Waals surface area contributed by atoms with Crippen molar-refractivity contribution in [2.24, 2.45) is 0 Å².